The van der Waals surface area contributed by atoms with Crippen molar-refractivity contribution in [1.29, 1.82) is 0 Å². The molecule has 1 saturated heterocycles. The lowest BCUT2D eigenvalue weighted by Crippen LogP contribution is -2.45. The van der Waals surface area contributed by atoms with Gasteiger partial charge in [-0.1, -0.05) is 20.3 Å². The number of nitrogens with one attached hydrogen (secondary N) is 2. The number of piperidine rings is 1. The molecule has 2 heterocycles. The van der Waals surface area contributed by atoms with Gasteiger partial charge in [0.05, 0.1) is 24.5 Å². The third kappa shape index (κ3) is 7.62. The van der Waals surface area contributed by atoms with Crippen molar-refractivity contribution in [1.82, 2.24) is 15.5 Å². The maximum absolute atomic E-state index is 10.5. The number of aliphatic hydroxyl groups is 1. The molecule has 0 aliphatic carbocycles. The van der Waals surface area contributed by atoms with E-state index in [4.69, 9.17) is 4.42 Å². The first-order valence-electron chi connectivity index (χ1n) is 10.1. The standard InChI is InChI=1S/C20H36N4O2.HI/c1-4-20(25,5-2)16-23-19(21-6-3)22-15-17(18-11-10-14-26-18)24-12-8-7-9-13-24;/h10-11,14,17,25H,4-9,12-13,15-16H2,1-3H3,(H2,21,22,23);1H. The Kier molecular flexibility index (Phi) is 11.3. The lowest BCUT2D eigenvalue weighted by atomic mass is 9.98. The van der Waals surface area contributed by atoms with E-state index in [0.717, 1.165) is 37.9 Å². The van der Waals surface area contributed by atoms with Gasteiger partial charge in [-0.05, 0) is 57.8 Å². The van der Waals surface area contributed by atoms with Crippen LogP contribution in [0.25, 0.3) is 0 Å². The minimum Gasteiger partial charge on any atom is -0.468 e. The van der Waals surface area contributed by atoms with Crippen LogP contribution in [-0.4, -0.2) is 54.3 Å². The van der Waals surface area contributed by atoms with Gasteiger partial charge >= 0.3 is 0 Å². The predicted octanol–water partition coefficient (Wildman–Crippen LogP) is 3.53. The first-order chi connectivity index (χ1) is 12.6. The molecule has 3 N–H and O–H groups in total. The van der Waals surface area contributed by atoms with E-state index in [1.54, 1.807) is 6.26 Å². The van der Waals surface area contributed by atoms with Crippen molar-refractivity contribution in [2.45, 2.75) is 64.5 Å². The molecule has 0 bridgehead atoms. The number of hydrogen-bond acceptors (Lipinski definition) is 4. The minimum absolute atomic E-state index is 0. The van der Waals surface area contributed by atoms with Gasteiger partial charge in [0.2, 0.25) is 0 Å². The van der Waals surface area contributed by atoms with Crippen molar-refractivity contribution in [2.24, 2.45) is 4.99 Å². The summed E-state index contributed by atoms with van der Waals surface area (Å²) in [6, 6.07) is 4.21. The van der Waals surface area contributed by atoms with Gasteiger partial charge in [0.1, 0.15) is 5.76 Å². The highest BCUT2D eigenvalue weighted by Crippen LogP contribution is 2.24. The number of nitrogens with zero attached hydrogens (tertiary/aromatic N) is 2. The largest absolute Gasteiger partial charge is 0.468 e. The second kappa shape index (κ2) is 12.6. The van der Waals surface area contributed by atoms with E-state index in [1.807, 2.05) is 19.9 Å². The van der Waals surface area contributed by atoms with Crippen LogP contribution >= 0.6 is 24.0 Å². The van der Waals surface area contributed by atoms with E-state index < -0.39 is 5.60 Å². The third-order valence-corrected chi connectivity index (χ3v) is 5.36. The first-order valence-corrected chi connectivity index (χ1v) is 10.1. The summed E-state index contributed by atoms with van der Waals surface area (Å²) in [6.45, 7) is 10.2. The van der Waals surface area contributed by atoms with E-state index in [1.165, 1.54) is 19.3 Å². The van der Waals surface area contributed by atoms with Gasteiger partial charge in [-0.25, -0.2) is 0 Å². The Labute approximate surface area is 181 Å². The maximum Gasteiger partial charge on any atom is 0.191 e. The maximum atomic E-state index is 10.5. The molecule has 0 spiro atoms. The second-order valence-corrected chi connectivity index (χ2v) is 7.14. The average Bonchev–Trinajstić information content (AvgIpc) is 3.21. The molecule has 1 aromatic heterocycles. The molecular formula is C20H37IN4O2. The molecule has 1 fully saturated rings. The zero-order chi connectivity index (χ0) is 18.8. The number of furan rings is 1. The quantitative estimate of drug-likeness (QED) is 0.280. The Bertz CT molecular complexity index is 526. The lowest BCUT2D eigenvalue weighted by Gasteiger charge is -2.33. The molecule has 0 amide bonds. The summed E-state index contributed by atoms with van der Waals surface area (Å²) < 4.78 is 5.71. The number of halogens is 1. The number of rotatable bonds is 9. The van der Waals surface area contributed by atoms with Crippen LogP contribution in [0.4, 0.5) is 0 Å². The molecule has 156 valence electrons. The van der Waals surface area contributed by atoms with Gasteiger partial charge in [0, 0.05) is 13.1 Å². The molecule has 27 heavy (non-hydrogen) atoms. The summed E-state index contributed by atoms with van der Waals surface area (Å²) in [7, 11) is 0. The van der Waals surface area contributed by atoms with Crippen LogP contribution in [0.1, 0.15) is 64.7 Å². The zero-order valence-corrected chi connectivity index (χ0v) is 19.4. The fourth-order valence-electron chi connectivity index (χ4n) is 3.36. The Balaban J connectivity index is 0.00000364. The van der Waals surface area contributed by atoms with E-state index >= 15 is 0 Å². The first kappa shape index (κ1) is 24.2. The molecule has 1 unspecified atom stereocenters. The van der Waals surface area contributed by atoms with Gasteiger partial charge in [-0.2, -0.15) is 0 Å². The summed E-state index contributed by atoms with van der Waals surface area (Å²) in [5.74, 6) is 1.75. The van der Waals surface area contributed by atoms with E-state index in [-0.39, 0.29) is 30.0 Å². The minimum atomic E-state index is -0.727. The van der Waals surface area contributed by atoms with E-state index in [9.17, 15) is 5.11 Å². The van der Waals surface area contributed by atoms with Crippen LogP contribution in [0.15, 0.2) is 27.8 Å². The highest BCUT2D eigenvalue weighted by Gasteiger charge is 2.25. The van der Waals surface area contributed by atoms with Gasteiger partial charge < -0.3 is 20.2 Å². The summed E-state index contributed by atoms with van der Waals surface area (Å²) in [6.07, 6.45) is 6.95. The topological polar surface area (TPSA) is 73.0 Å². The highest BCUT2D eigenvalue weighted by atomic mass is 127. The van der Waals surface area contributed by atoms with Crippen LogP contribution in [0.2, 0.25) is 0 Å². The van der Waals surface area contributed by atoms with Crippen molar-refractivity contribution in [3.8, 4) is 0 Å². The number of hydrogen-bond donors (Lipinski definition) is 3. The number of guanidine groups is 1. The van der Waals surface area contributed by atoms with Crippen LogP contribution in [0.3, 0.4) is 0 Å². The van der Waals surface area contributed by atoms with Crippen molar-refractivity contribution in [3.05, 3.63) is 24.2 Å². The normalized spacial score (nSPS) is 17.3. The van der Waals surface area contributed by atoms with E-state index in [0.29, 0.717) is 19.4 Å². The Morgan fingerprint density at radius 3 is 2.48 bits per heavy atom. The Morgan fingerprint density at radius 1 is 1.22 bits per heavy atom. The van der Waals surface area contributed by atoms with Crippen molar-refractivity contribution >= 4 is 29.9 Å². The zero-order valence-electron chi connectivity index (χ0n) is 17.0. The summed E-state index contributed by atoms with van der Waals surface area (Å²) in [5, 5.41) is 17.2. The molecular weight excluding hydrogens is 455 g/mol. The van der Waals surface area contributed by atoms with Crippen LogP contribution in [0.5, 0.6) is 0 Å². The summed E-state index contributed by atoms with van der Waals surface area (Å²) in [4.78, 5) is 7.11. The van der Waals surface area contributed by atoms with Crippen molar-refractivity contribution in [2.75, 3.05) is 32.7 Å². The highest BCUT2D eigenvalue weighted by molar-refractivity contribution is 14.0. The predicted molar refractivity (Wildman–Crippen MR) is 122 cm³/mol. The Hall–Kier alpha value is -0.800. The van der Waals surface area contributed by atoms with Crippen molar-refractivity contribution < 1.29 is 9.52 Å². The monoisotopic (exact) mass is 492 g/mol. The molecule has 2 rings (SSSR count). The van der Waals surface area contributed by atoms with Gasteiger partial charge in [-0.3, -0.25) is 9.89 Å². The molecule has 0 saturated carbocycles. The van der Waals surface area contributed by atoms with Crippen molar-refractivity contribution in [3.63, 3.8) is 0 Å². The summed E-state index contributed by atoms with van der Waals surface area (Å²) >= 11 is 0. The molecule has 1 aliphatic rings. The molecule has 1 atom stereocenters. The number of likely N-dealkylation sites (tertiary alicyclic amines) is 1. The van der Waals surface area contributed by atoms with Crippen LogP contribution in [0, 0.1) is 0 Å². The third-order valence-electron chi connectivity index (χ3n) is 5.36. The van der Waals surface area contributed by atoms with Gasteiger partial charge in [0.25, 0.3) is 0 Å². The molecule has 1 aromatic rings. The fourth-order valence-corrected chi connectivity index (χ4v) is 3.36. The smallest absolute Gasteiger partial charge is 0.191 e. The van der Waals surface area contributed by atoms with Gasteiger partial charge in [-0.15, -0.1) is 24.0 Å². The van der Waals surface area contributed by atoms with Crippen LogP contribution < -0.4 is 10.6 Å². The average molecular weight is 492 g/mol. The molecule has 6 nitrogen and oxygen atoms in total. The summed E-state index contributed by atoms with van der Waals surface area (Å²) in [5.41, 5.74) is -0.727. The van der Waals surface area contributed by atoms with Crippen LogP contribution in [-0.2, 0) is 0 Å². The van der Waals surface area contributed by atoms with E-state index in [2.05, 4.69) is 33.5 Å². The molecule has 0 radical (unpaired) electrons. The molecule has 0 aromatic carbocycles. The Morgan fingerprint density at radius 2 is 1.93 bits per heavy atom. The number of aliphatic imine (C=N–C) groups is 1. The molecule has 7 heteroatoms. The van der Waals surface area contributed by atoms with Gasteiger partial charge in [0.15, 0.2) is 5.96 Å². The molecule has 1 aliphatic heterocycles. The fraction of sp³-hybridized carbons (Fsp3) is 0.750. The second-order valence-electron chi connectivity index (χ2n) is 7.14. The lowest BCUT2D eigenvalue weighted by molar-refractivity contribution is 0.0417. The SMILES string of the molecule is CCNC(=NCC(O)(CC)CC)NCC(c1ccco1)N1CCCCC1.I.